The van der Waals surface area contributed by atoms with Crippen molar-refractivity contribution in [1.29, 1.82) is 0 Å². The van der Waals surface area contributed by atoms with E-state index in [1.165, 1.54) is 4.68 Å². The van der Waals surface area contributed by atoms with E-state index in [-0.39, 0.29) is 16.6 Å². The lowest BCUT2D eigenvalue weighted by Gasteiger charge is -2.23. The van der Waals surface area contributed by atoms with E-state index in [0.29, 0.717) is 16.6 Å². The molecule has 0 N–H and O–H groups in total. The van der Waals surface area contributed by atoms with Gasteiger partial charge in [0.2, 0.25) is 0 Å². The summed E-state index contributed by atoms with van der Waals surface area (Å²) in [6, 6.07) is 10.6. The van der Waals surface area contributed by atoms with Crippen LogP contribution in [0.1, 0.15) is 35.4 Å². The minimum atomic E-state index is -3.72. The predicted octanol–water partition coefficient (Wildman–Crippen LogP) is 1.48. The maximum atomic E-state index is 13.3. The first-order valence-corrected chi connectivity index (χ1v) is 13.2. The fourth-order valence-corrected chi connectivity index (χ4v) is 5.65. The molecular formula is C25H26N6O3S. The monoisotopic (exact) mass is 490 g/mol. The van der Waals surface area contributed by atoms with Gasteiger partial charge in [0.25, 0.3) is 5.91 Å². The van der Waals surface area contributed by atoms with Crippen molar-refractivity contribution in [2.75, 3.05) is 13.1 Å². The number of sulfone groups is 1. The molecule has 35 heavy (non-hydrogen) atoms. The molecular weight excluding hydrogens is 464 g/mol. The van der Waals surface area contributed by atoms with Crippen LogP contribution >= 0.6 is 0 Å². The van der Waals surface area contributed by atoms with Crippen molar-refractivity contribution < 1.29 is 13.2 Å². The molecule has 3 aromatic rings. The Bertz CT molecular complexity index is 1580. The number of nitrogens with zero attached hydrogens (tertiary/aromatic N) is 6. The van der Waals surface area contributed by atoms with Gasteiger partial charge in [-0.3, -0.25) is 4.79 Å². The van der Waals surface area contributed by atoms with Crippen LogP contribution in [0, 0.1) is 20.8 Å². The van der Waals surface area contributed by atoms with Crippen LogP contribution in [0.2, 0.25) is 0 Å². The Hall–Kier alpha value is -3.66. The van der Waals surface area contributed by atoms with E-state index in [1.807, 2.05) is 43.9 Å². The highest BCUT2D eigenvalue weighted by Crippen LogP contribution is 2.28. The van der Waals surface area contributed by atoms with Crippen LogP contribution in [0.25, 0.3) is 11.8 Å². The molecule has 0 atom stereocenters. The number of carbonyl (C=O) groups is 1. The van der Waals surface area contributed by atoms with Crippen LogP contribution in [0.3, 0.4) is 0 Å². The summed E-state index contributed by atoms with van der Waals surface area (Å²) in [6.45, 7) is 7.27. The number of benzene rings is 2. The molecule has 1 aromatic heterocycles. The van der Waals surface area contributed by atoms with Gasteiger partial charge < -0.3 is 4.90 Å². The van der Waals surface area contributed by atoms with Crippen LogP contribution < -0.4 is 10.6 Å². The normalized spacial score (nSPS) is 17.1. The van der Waals surface area contributed by atoms with Gasteiger partial charge in [0.1, 0.15) is 0 Å². The topological polar surface area (TPSA) is 110 Å². The minimum Gasteiger partial charge on any atom is -0.368 e. The fraction of sp³-hybridized carbons (Fsp3) is 0.320. The van der Waals surface area contributed by atoms with Gasteiger partial charge in [-0.2, -0.15) is 0 Å². The lowest BCUT2D eigenvalue weighted by atomic mass is 10.0. The fourth-order valence-electron chi connectivity index (χ4n) is 4.45. The van der Waals surface area contributed by atoms with Gasteiger partial charge in [-0.05, 0) is 73.4 Å². The van der Waals surface area contributed by atoms with E-state index in [0.717, 1.165) is 47.8 Å². The van der Waals surface area contributed by atoms with E-state index in [4.69, 9.17) is 0 Å². The molecule has 2 aromatic carbocycles. The molecule has 0 bridgehead atoms. The van der Waals surface area contributed by atoms with Crippen LogP contribution in [-0.4, -0.2) is 52.5 Å². The maximum absolute atomic E-state index is 13.3. The number of carbonyl (C=O) groups excluding carboxylic acids is 1. The Kier molecular flexibility index (Phi) is 5.84. The molecule has 0 radical (unpaired) electrons. The molecule has 0 aliphatic carbocycles. The minimum absolute atomic E-state index is 0.190. The summed E-state index contributed by atoms with van der Waals surface area (Å²) >= 11 is 0. The Morgan fingerprint density at radius 3 is 2.43 bits per heavy atom. The number of tetrazole rings is 1. The van der Waals surface area contributed by atoms with Crippen molar-refractivity contribution in [2.45, 2.75) is 44.4 Å². The van der Waals surface area contributed by atoms with E-state index in [2.05, 4.69) is 20.5 Å². The van der Waals surface area contributed by atoms with Crippen LogP contribution in [0.4, 0.5) is 0 Å². The van der Waals surface area contributed by atoms with Crippen LogP contribution in [-0.2, 0) is 20.5 Å². The van der Waals surface area contributed by atoms with Crippen molar-refractivity contribution in [3.63, 3.8) is 0 Å². The molecule has 1 fully saturated rings. The molecule has 1 amide bonds. The number of rotatable bonds is 5. The molecule has 3 heterocycles. The average Bonchev–Trinajstić information content (AvgIpc) is 3.51. The third-order valence-corrected chi connectivity index (χ3v) is 8.14. The first-order valence-electron chi connectivity index (χ1n) is 11.5. The largest absolute Gasteiger partial charge is 0.368 e. The molecule has 1 saturated heterocycles. The first kappa shape index (κ1) is 23.1. The molecule has 0 saturated carbocycles. The van der Waals surface area contributed by atoms with Gasteiger partial charge in [-0.1, -0.05) is 29.8 Å². The van der Waals surface area contributed by atoms with Gasteiger partial charge in [-0.15, -0.1) is 5.10 Å². The molecule has 0 unspecified atom stereocenters. The van der Waals surface area contributed by atoms with Crippen LogP contribution in [0.15, 0.2) is 51.9 Å². The number of amides is 1. The summed E-state index contributed by atoms with van der Waals surface area (Å²) in [6.07, 6.45) is 3.73. The molecule has 0 spiro atoms. The summed E-state index contributed by atoms with van der Waals surface area (Å²) in [5.41, 5.74) is 3.87. The van der Waals surface area contributed by atoms with Gasteiger partial charge in [0.15, 0.2) is 21.5 Å². The van der Waals surface area contributed by atoms with Crippen molar-refractivity contribution in [3.8, 4) is 0 Å². The van der Waals surface area contributed by atoms with Gasteiger partial charge >= 0.3 is 0 Å². The quantitative estimate of drug-likeness (QED) is 0.498. The number of hydrogen-bond acceptors (Lipinski definition) is 7. The predicted molar refractivity (Wildman–Crippen MR) is 130 cm³/mol. The maximum Gasteiger partial charge on any atom is 0.279 e. The average molecular weight is 491 g/mol. The van der Waals surface area contributed by atoms with Gasteiger partial charge in [0, 0.05) is 18.3 Å². The second-order valence-electron chi connectivity index (χ2n) is 9.02. The molecule has 10 heteroatoms. The zero-order valence-corrected chi connectivity index (χ0v) is 20.7. The highest BCUT2D eigenvalue weighted by Gasteiger charge is 2.30. The van der Waals surface area contributed by atoms with Gasteiger partial charge in [-0.25, -0.2) is 18.1 Å². The number of fused-ring (bicyclic) bond motifs is 1. The van der Waals surface area contributed by atoms with E-state index in [1.54, 1.807) is 24.3 Å². The molecule has 5 rings (SSSR count). The number of aryl methyl sites for hydroxylation is 2. The smallest absolute Gasteiger partial charge is 0.279 e. The Morgan fingerprint density at radius 1 is 1.00 bits per heavy atom. The van der Waals surface area contributed by atoms with E-state index < -0.39 is 15.7 Å². The van der Waals surface area contributed by atoms with E-state index >= 15 is 0 Å². The summed E-state index contributed by atoms with van der Waals surface area (Å²) in [5.74, 6) is -0.586. The third kappa shape index (κ3) is 4.29. The first-order chi connectivity index (χ1) is 16.7. The Balaban J connectivity index is 1.65. The zero-order valence-electron chi connectivity index (χ0n) is 19.9. The lowest BCUT2D eigenvalue weighted by molar-refractivity contribution is -0.114. The highest BCUT2D eigenvalue weighted by molar-refractivity contribution is 7.90. The molecule has 180 valence electrons. The summed E-state index contributed by atoms with van der Waals surface area (Å²) in [7, 11) is -3.72. The number of likely N-dealkylation sites (tertiary alicyclic amines) is 1. The summed E-state index contributed by atoms with van der Waals surface area (Å²) < 4.78 is 27.5. The van der Waals surface area contributed by atoms with Gasteiger partial charge in [0.05, 0.1) is 21.5 Å². The molecule has 2 aliphatic heterocycles. The summed E-state index contributed by atoms with van der Waals surface area (Å²) in [4.78, 5) is 19.9. The van der Waals surface area contributed by atoms with Crippen molar-refractivity contribution in [1.82, 2.24) is 25.1 Å². The van der Waals surface area contributed by atoms with Crippen molar-refractivity contribution in [3.05, 3.63) is 75.1 Å². The zero-order chi connectivity index (χ0) is 24.7. The Labute approximate surface area is 203 Å². The lowest BCUT2D eigenvalue weighted by Crippen LogP contribution is -2.35. The summed E-state index contributed by atoms with van der Waals surface area (Å²) in [5, 5.41) is 13.4. The van der Waals surface area contributed by atoms with Crippen LogP contribution in [0.5, 0.6) is 0 Å². The second kappa shape index (κ2) is 8.84. The van der Waals surface area contributed by atoms with Crippen molar-refractivity contribution in [2.24, 2.45) is 4.99 Å². The molecule has 2 aliphatic rings. The number of aromatic nitrogens is 4. The Morgan fingerprint density at radius 2 is 1.71 bits per heavy atom. The molecule has 9 nitrogen and oxygen atoms in total. The van der Waals surface area contributed by atoms with E-state index in [9.17, 15) is 13.2 Å². The second-order valence-corrected chi connectivity index (χ2v) is 11.0. The SMILES string of the molecule is Cc1ccc(S(=O)(=O)Cn2nnnc2/C(=C2/C=c3ccc(C)c(C)c3=NC2=O)N2CCCC2)cc1. The van der Waals surface area contributed by atoms with Crippen molar-refractivity contribution >= 4 is 27.5 Å². The highest BCUT2D eigenvalue weighted by atomic mass is 32.2. The number of hydrogen-bond donors (Lipinski definition) is 0. The standard InChI is InChI=1S/C25H26N6O3S/c1-16-6-10-20(11-7-16)35(33,34)15-31-24(27-28-29-31)23(30-12-4-5-13-30)21-14-19-9-8-17(2)18(3)22(19)26-25(21)32/h6-11,14H,4-5,12-13,15H2,1-3H3/b23-21+. The third-order valence-electron chi connectivity index (χ3n) is 6.57.